The minimum Gasteiger partial charge on any atom is -0.356 e. The summed E-state index contributed by atoms with van der Waals surface area (Å²) < 4.78 is 0. The highest BCUT2D eigenvalue weighted by Gasteiger charge is 2.50. The van der Waals surface area contributed by atoms with Crippen LogP contribution >= 0.6 is 0 Å². The average molecular weight is 407 g/mol. The SMILES string of the molecule is CCCCCNC(=O)C1CCN(CN2C(=O)NC3(CCCCCCC3)C2=O)CC1. The summed E-state index contributed by atoms with van der Waals surface area (Å²) in [5.41, 5.74) is -0.672. The maximum absolute atomic E-state index is 13.1. The van der Waals surface area contributed by atoms with Crippen LogP contribution in [-0.2, 0) is 9.59 Å². The molecule has 164 valence electrons. The Hall–Kier alpha value is -1.63. The molecule has 1 saturated carbocycles. The van der Waals surface area contributed by atoms with Gasteiger partial charge in [0.1, 0.15) is 5.54 Å². The van der Waals surface area contributed by atoms with Crippen molar-refractivity contribution in [3.8, 4) is 0 Å². The minimum atomic E-state index is -0.672. The van der Waals surface area contributed by atoms with E-state index >= 15 is 0 Å². The van der Waals surface area contributed by atoms with E-state index in [0.717, 1.165) is 90.3 Å². The number of amides is 4. The van der Waals surface area contributed by atoms with Crippen LogP contribution in [0.5, 0.6) is 0 Å². The van der Waals surface area contributed by atoms with E-state index in [2.05, 4.69) is 22.5 Å². The molecule has 7 heteroatoms. The summed E-state index contributed by atoms with van der Waals surface area (Å²) in [4.78, 5) is 41.6. The van der Waals surface area contributed by atoms with Gasteiger partial charge in [0.05, 0.1) is 6.67 Å². The van der Waals surface area contributed by atoms with E-state index in [1.807, 2.05) is 0 Å². The lowest BCUT2D eigenvalue weighted by Crippen LogP contribution is -2.49. The molecular formula is C22H38N4O3. The summed E-state index contributed by atoms with van der Waals surface area (Å²) in [5.74, 6) is 0.164. The Morgan fingerprint density at radius 1 is 1.07 bits per heavy atom. The summed E-state index contributed by atoms with van der Waals surface area (Å²) in [6.07, 6.45) is 11.9. The molecule has 29 heavy (non-hydrogen) atoms. The highest BCUT2D eigenvalue weighted by Crippen LogP contribution is 2.32. The Labute approximate surface area is 174 Å². The molecule has 0 aromatic heterocycles. The predicted molar refractivity (Wildman–Crippen MR) is 112 cm³/mol. The third-order valence-electron chi connectivity index (χ3n) is 6.83. The van der Waals surface area contributed by atoms with Gasteiger partial charge in [0.2, 0.25) is 5.91 Å². The zero-order chi connectivity index (χ0) is 20.7. The Kier molecular flexibility index (Phi) is 7.92. The molecule has 0 radical (unpaired) electrons. The van der Waals surface area contributed by atoms with Crippen molar-refractivity contribution in [2.45, 2.75) is 89.5 Å². The van der Waals surface area contributed by atoms with Crippen molar-refractivity contribution >= 4 is 17.8 Å². The number of hydrogen-bond donors (Lipinski definition) is 2. The highest BCUT2D eigenvalue weighted by molar-refractivity contribution is 6.07. The molecule has 2 heterocycles. The first kappa shape index (κ1) is 22.1. The number of nitrogens with zero attached hydrogens (tertiary/aromatic N) is 2. The van der Waals surface area contributed by atoms with E-state index in [4.69, 9.17) is 0 Å². The number of nitrogens with one attached hydrogen (secondary N) is 2. The fourth-order valence-electron chi connectivity index (χ4n) is 4.92. The molecule has 0 aromatic carbocycles. The first-order valence-electron chi connectivity index (χ1n) is 11.7. The third kappa shape index (κ3) is 5.50. The molecular weight excluding hydrogens is 368 g/mol. The van der Waals surface area contributed by atoms with Gasteiger partial charge in [-0.2, -0.15) is 0 Å². The van der Waals surface area contributed by atoms with Crippen LogP contribution in [0.3, 0.4) is 0 Å². The van der Waals surface area contributed by atoms with E-state index in [9.17, 15) is 14.4 Å². The molecule has 1 aliphatic carbocycles. The second kappa shape index (κ2) is 10.4. The second-order valence-corrected chi connectivity index (χ2v) is 9.05. The zero-order valence-electron chi connectivity index (χ0n) is 18.0. The van der Waals surface area contributed by atoms with Crippen molar-refractivity contribution in [2.75, 3.05) is 26.3 Å². The second-order valence-electron chi connectivity index (χ2n) is 9.05. The average Bonchev–Trinajstić information content (AvgIpc) is 2.93. The number of imide groups is 1. The van der Waals surface area contributed by atoms with Gasteiger partial charge in [0.25, 0.3) is 5.91 Å². The normalized spacial score (nSPS) is 23.7. The molecule has 3 rings (SSSR count). The topological polar surface area (TPSA) is 81.8 Å². The molecule has 0 bridgehead atoms. The number of unbranched alkanes of at least 4 members (excludes halogenated alkanes) is 2. The largest absolute Gasteiger partial charge is 0.356 e. The molecule has 2 saturated heterocycles. The Morgan fingerprint density at radius 2 is 1.72 bits per heavy atom. The van der Waals surface area contributed by atoms with E-state index in [1.54, 1.807) is 0 Å². The number of likely N-dealkylation sites (tertiary alicyclic amines) is 1. The van der Waals surface area contributed by atoms with E-state index in [1.165, 1.54) is 11.3 Å². The van der Waals surface area contributed by atoms with Gasteiger partial charge in [-0.1, -0.05) is 51.9 Å². The van der Waals surface area contributed by atoms with Gasteiger partial charge >= 0.3 is 6.03 Å². The molecule has 0 unspecified atom stereocenters. The Bertz CT molecular complexity index is 579. The molecule has 4 amide bonds. The van der Waals surface area contributed by atoms with Crippen LogP contribution in [0.15, 0.2) is 0 Å². The Morgan fingerprint density at radius 3 is 2.38 bits per heavy atom. The van der Waals surface area contributed by atoms with Crippen molar-refractivity contribution in [3.05, 3.63) is 0 Å². The lowest BCUT2D eigenvalue weighted by molar-refractivity contribution is -0.134. The van der Waals surface area contributed by atoms with E-state index in [0.29, 0.717) is 6.67 Å². The Balaban J connectivity index is 1.47. The molecule has 2 N–H and O–H groups in total. The minimum absolute atomic E-state index is 0.0415. The van der Waals surface area contributed by atoms with Crippen molar-refractivity contribution < 1.29 is 14.4 Å². The molecule has 3 fully saturated rings. The molecule has 0 atom stereocenters. The van der Waals surface area contributed by atoms with Gasteiger partial charge in [-0.05, 0) is 32.1 Å². The van der Waals surface area contributed by atoms with Crippen LogP contribution in [0, 0.1) is 5.92 Å². The molecule has 7 nitrogen and oxygen atoms in total. The summed E-state index contributed by atoms with van der Waals surface area (Å²) in [6, 6.07) is -0.244. The van der Waals surface area contributed by atoms with Crippen LogP contribution in [0.4, 0.5) is 4.79 Å². The number of carbonyl (C=O) groups excluding carboxylic acids is 3. The highest BCUT2D eigenvalue weighted by atomic mass is 16.2. The standard InChI is InChI=1S/C22H38N4O3/c1-2-3-9-14-23-19(27)18-10-15-25(16-11-18)17-26-20(28)22(24-21(26)29)12-7-5-4-6-8-13-22/h18H,2-17H2,1H3,(H,23,27)(H,24,29). The van der Waals surface area contributed by atoms with Crippen molar-refractivity contribution in [1.29, 1.82) is 0 Å². The summed E-state index contributed by atoms with van der Waals surface area (Å²) in [5, 5.41) is 6.09. The van der Waals surface area contributed by atoms with Gasteiger partial charge in [-0.25, -0.2) is 9.69 Å². The summed E-state index contributed by atoms with van der Waals surface area (Å²) >= 11 is 0. The molecule has 0 aromatic rings. The van der Waals surface area contributed by atoms with Crippen molar-refractivity contribution in [3.63, 3.8) is 0 Å². The number of rotatable bonds is 7. The van der Waals surface area contributed by atoms with Crippen LogP contribution < -0.4 is 10.6 Å². The van der Waals surface area contributed by atoms with Gasteiger partial charge in [0, 0.05) is 25.6 Å². The number of urea groups is 1. The monoisotopic (exact) mass is 406 g/mol. The number of piperidine rings is 1. The fourth-order valence-corrected chi connectivity index (χ4v) is 4.92. The van der Waals surface area contributed by atoms with Crippen LogP contribution in [0.2, 0.25) is 0 Å². The third-order valence-corrected chi connectivity index (χ3v) is 6.83. The van der Waals surface area contributed by atoms with Gasteiger partial charge < -0.3 is 10.6 Å². The molecule has 2 aliphatic heterocycles. The maximum Gasteiger partial charge on any atom is 0.326 e. The first-order valence-corrected chi connectivity index (χ1v) is 11.7. The van der Waals surface area contributed by atoms with Crippen LogP contribution in [0.1, 0.15) is 84.0 Å². The first-order chi connectivity index (χ1) is 14.1. The van der Waals surface area contributed by atoms with Gasteiger partial charge in [-0.3, -0.25) is 14.5 Å². The number of carbonyl (C=O) groups is 3. The number of hydrogen-bond acceptors (Lipinski definition) is 4. The summed E-state index contributed by atoms with van der Waals surface area (Å²) in [7, 11) is 0. The van der Waals surface area contributed by atoms with Gasteiger partial charge in [-0.15, -0.1) is 0 Å². The van der Waals surface area contributed by atoms with Crippen molar-refractivity contribution in [2.24, 2.45) is 5.92 Å². The van der Waals surface area contributed by atoms with Crippen LogP contribution in [-0.4, -0.2) is 59.5 Å². The van der Waals surface area contributed by atoms with Crippen LogP contribution in [0.25, 0.3) is 0 Å². The van der Waals surface area contributed by atoms with Crippen molar-refractivity contribution in [1.82, 2.24) is 20.4 Å². The lowest BCUT2D eigenvalue weighted by Gasteiger charge is -2.33. The molecule has 3 aliphatic rings. The lowest BCUT2D eigenvalue weighted by atomic mass is 9.84. The smallest absolute Gasteiger partial charge is 0.326 e. The fraction of sp³-hybridized carbons (Fsp3) is 0.864. The van der Waals surface area contributed by atoms with E-state index in [-0.39, 0.29) is 23.8 Å². The van der Waals surface area contributed by atoms with Gasteiger partial charge in [0.15, 0.2) is 0 Å². The maximum atomic E-state index is 13.1. The zero-order valence-corrected chi connectivity index (χ0v) is 18.0. The van der Waals surface area contributed by atoms with E-state index < -0.39 is 5.54 Å². The summed E-state index contributed by atoms with van der Waals surface area (Å²) in [6.45, 7) is 4.75. The molecule has 1 spiro atoms. The quantitative estimate of drug-likeness (QED) is 0.503. The predicted octanol–water partition coefficient (Wildman–Crippen LogP) is 3.00.